The van der Waals surface area contributed by atoms with Crippen LogP contribution in [0.3, 0.4) is 0 Å². The van der Waals surface area contributed by atoms with E-state index in [9.17, 15) is 9.18 Å². The van der Waals surface area contributed by atoms with Crippen LogP contribution in [0.1, 0.15) is 33.6 Å². The van der Waals surface area contributed by atoms with Crippen molar-refractivity contribution >= 4 is 5.91 Å². The van der Waals surface area contributed by atoms with E-state index in [2.05, 4.69) is 5.32 Å². The molecular formula is C16H24FNO3. The minimum atomic E-state index is -0.568. The molecule has 1 amide bonds. The highest BCUT2D eigenvalue weighted by atomic mass is 19.1. The standard InChI is InChI=1S/C16H24FNO3/c1-4-15(21-14-8-6-13(17)7-9-14)16(19)18-10-5-11-20-12(2)3/h6-9,12,15H,4-5,10-11H2,1-3H3,(H,18,19)/t15-/m1/s1. The summed E-state index contributed by atoms with van der Waals surface area (Å²) >= 11 is 0. The molecular weight excluding hydrogens is 273 g/mol. The van der Waals surface area contributed by atoms with Gasteiger partial charge in [-0.25, -0.2) is 4.39 Å². The molecule has 0 saturated carbocycles. The summed E-state index contributed by atoms with van der Waals surface area (Å²) in [6.07, 6.45) is 0.940. The van der Waals surface area contributed by atoms with Crippen molar-refractivity contribution in [1.82, 2.24) is 5.32 Å². The highest BCUT2D eigenvalue weighted by molar-refractivity contribution is 5.81. The van der Waals surface area contributed by atoms with Crippen molar-refractivity contribution in [2.24, 2.45) is 0 Å². The predicted molar refractivity (Wildman–Crippen MR) is 79.8 cm³/mol. The largest absolute Gasteiger partial charge is 0.481 e. The van der Waals surface area contributed by atoms with Crippen molar-refractivity contribution in [3.05, 3.63) is 30.1 Å². The molecule has 0 aromatic heterocycles. The number of amides is 1. The average molecular weight is 297 g/mol. The van der Waals surface area contributed by atoms with Crippen molar-refractivity contribution in [2.45, 2.75) is 45.8 Å². The first-order chi connectivity index (χ1) is 10.0. The molecule has 1 rings (SSSR count). The second kappa shape index (κ2) is 9.34. The van der Waals surface area contributed by atoms with Crippen molar-refractivity contribution < 1.29 is 18.7 Å². The molecule has 0 spiro atoms. The number of carbonyl (C=O) groups excluding carboxylic acids is 1. The van der Waals surface area contributed by atoms with Gasteiger partial charge in [0.05, 0.1) is 6.10 Å². The molecule has 5 heteroatoms. The van der Waals surface area contributed by atoms with E-state index in [-0.39, 0.29) is 17.8 Å². The summed E-state index contributed by atoms with van der Waals surface area (Å²) in [6.45, 7) is 6.99. The number of nitrogens with one attached hydrogen (secondary N) is 1. The smallest absolute Gasteiger partial charge is 0.261 e. The van der Waals surface area contributed by atoms with Gasteiger partial charge in [-0.2, -0.15) is 0 Å². The molecule has 1 aromatic rings. The average Bonchev–Trinajstić information content (AvgIpc) is 2.45. The van der Waals surface area contributed by atoms with Crippen LogP contribution in [0.25, 0.3) is 0 Å². The number of benzene rings is 1. The van der Waals surface area contributed by atoms with Gasteiger partial charge in [0.15, 0.2) is 6.10 Å². The summed E-state index contributed by atoms with van der Waals surface area (Å²) in [4.78, 5) is 12.0. The molecule has 4 nitrogen and oxygen atoms in total. The van der Waals surface area contributed by atoms with Crippen molar-refractivity contribution in [3.63, 3.8) is 0 Å². The molecule has 0 saturated heterocycles. The maximum absolute atomic E-state index is 12.8. The molecule has 0 heterocycles. The lowest BCUT2D eigenvalue weighted by Gasteiger charge is -2.17. The quantitative estimate of drug-likeness (QED) is 0.713. The van der Waals surface area contributed by atoms with Gasteiger partial charge in [0.1, 0.15) is 11.6 Å². The fourth-order valence-electron chi connectivity index (χ4n) is 1.72. The van der Waals surface area contributed by atoms with E-state index in [1.54, 1.807) is 0 Å². The van der Waals surface area contributed by atoms with Gasteiger partial charge in [-0.05, 0) is 51.0 Å². The van der Waals surface area contributed by atoms with E-state index < -0.39 is 6.10 Å². The summed E-state index contributed by atoms with van der Waals surface area (Å²) < 4.78 is 23.8. The number of hydrogen-bond acceptors (Lipinski definition) is 3. The van der Waals surface area contributed by atoms with E-state index in [1.807, 2.05) is 20.8 Å². The van der Waals surface area contributed by atoms with Crippen LogP contribution in [0.15, 0.2) is 24.3 Å². The summed E-state index contributed by atoms with van der Waals surface area (Å²) in [6, 6.07) is 5.65. The van der Waals surface area contributed by atoms with Gasteiger partial charge in [-0.15, -0.1) is 0 Å². The number of ether oxygens (including phenoxy) is 2. The first kappa shape index (κ1) is 17.4. The molecule has 21 heavy (non-hydrogen) atoms. The van der Waals surface area contributed by atoms with Crippen LogP contribution in [0.5, 0.6) is 5.75 Å². The first-order valence-corrected chi connectivity index (χ1v) is 7.34. The van der Waals surface area contributed by atoms with Crippen molar-refractivity contribution in [2.75, 3.05) is 13.2 Å². The third kappa shape index (κ3) is 7.09. The zero-order valence-electron chi connectivity index (χ0n) is 12.9. The number of rotatable bonds is 9. The Balaban J connectivity index is 2.34. The lowest BCUT2D eigenvalue weighted by Crippen LogP contribution is -2.38. The molecule has 1 atom stereocenters. The minimum Gasteiger partial charge on any atom is -0.481 e. The van der Waals surface area contributed by atoms with Gasteiger partial charge < -0.3 is 14.8 Å². The van der Waals surface area contributed by atoms with Crippen LogP contribution in [-0.4, -0.2) is 31.3 Å². The molecule has 118 valence electrons. The molecule has 0 aliphatic heterocycles. The number of halogens is 1. The summed E-state index contributed by atoms with van der Waals surface area (Å²) in [5.41, 5.74) is 0. The van der Waals surface area contributed by atoms with Crippen LogP contribution in [0.4, 0.5) is 4.39 Å². The van der Waals surface area contributed by atoms with Gasteiger partial charge in [0, 0.05) is 13.2 Å². The maximum Gasteiger partial charge on any atom is 0.261 e. The monoisotopic (exact) mass is 297 g/mol. The number of carbonyl (C=O) groups is 1. The van der Waals surface area contributed by atoms with Crippen LogP contribution in [0, 0.1) is 5.82 Å². The summed E-state index contributed by atoms with van der Waals surface area (Å²) in [7, 11) is 0. The van der Waals surface area contributed by atoms with Crippen LogP contribution in [-0.2, 0) is 9.53 Å². The van der Waals surface area contributed by atoms with Gasteiger partial charge in [-0.1, -0.05) is 6.92 Å². The minimum absolute atomic E-state index is 0.161. The van der Waals surface area contributed by atoms with Crippen LogP contribution < -0.4 is 10.1 Å². The van der Waals surface area contributed by atoms with E-state index >= 15 is 0 Å². The second-order valence-corrected chi connectivity index (χ2v) is 5.03. The Bertz CT molecular complexity index is 420. The highest BCUT2D eigenvalue weighted by Gasteiger charge is 2.17. The zero-order chi connectivity index (χ0) is 15.7. The van der Waals surface area contributed by atoms with Gasteiger partial charge in [-0.3, -0.25) is 4.79 Å². The maximum atomic E-state index is 12.8. The molecule has 1 N–H and O–H groups in total. The molecule has 0 fully saturated rings. The predicted octanol–water partition coefficient (Wildman–Crippen LogP) is 2.91. The Hall–Kier alpha value is -1.62. The van der Waals surface area contributed by atoms with E-state index in [0.717, 1.165) is 6.42 Å². The van der Waals surface area contributed by atoms with E-state index in [0.29, 0.717) is 25.3 Å². The second-order valence-electron chi connectivity index (χ2n) is 5.03. The van der Waals surface area contributed by atoms with Gasteiger partial charge in [0.25, 0.3) is 5.91 Å². The normalized spacial score (nSPS) is 12.2. The van der Waals surface area contributed by atoms with Crippen molar-refractivity contribution in [1.29, 1.82) is 0 Å². The Kier molecular flexibility index (Phi) is 7.75. The third-order valence-electron chi connectivity index (χ3n) is 2.83. The Morgan fingerprint density at radius 2 is 1.95 bits per heavy atom. The Labute approximate surface area is 125 Å². The highest BCUT2D eigenvalue weighted by Crippen LogP contribution is 2.14. The summed E-state index contributed by atoms with van der Waals surface area (Å²) in [5, 5.41) is 2.82. The Morgan fingerprint density at radius 3 is 2.52 bits per heavy atom. The Morgan fingerprint density at radius 1 is 1.29 bits per heavy atom. The molecule has 0 bridgehead atoms. The SMILES string of the molecule is CC[C@@H](Oc1ccc(F)cc1)C(=O)NCCCOC(C)C. The fourth-order valence-corrected chi connectivity index (χ4v) is 1.72. The third-order valence-corrected chi connectivity index (χ3v) is 2.83. The molecule has 1 aromatic carbocycles. The lowest BCUT2D eigenvalue weighted by molar-refractivity contribution is -0.128. The van der Waals surface area contributed by atoms with Crippen LogP contribution >= 0.6 is 0 Å². The molecule has 0 aliphatic rings. The van der Waals surface area contributed by atoms with Gasteiger partial charge >= 0.3 is 0 Å². The fraction of sp³-hybridized carbons (Fsp3) is 0.562. The topological polar surface area (TPSA) is 47.6 Å². The van der Waals surface area contributed by atoms with E-state index in [1.165, 1.54) is 24.3 Å². The first-order valence-electron chi connectivity index (χ1n) is 7.34. The molecule has 0 unspecified atom stereocenters. The number of hydrogen-bond donors (Lipinski definition) is 1. The van der Waals surface area contributed by atoms with Crippen molar-refractivity contribution in [3.8, 4) is 5.75 Å². The zero-order valence-corrected chi connectivity index (χ0v) is 12.9. The lowest BCUT2D eigenvalue weighted by atomic mass is 10.2. The molecule has 0 aliphatic carbocycles. The van der Waals surface area contributed by atoms with E-state index in [4.69, 9.17) is 9.47 Å². The molecule has 0 radical (unpaired) electrons. The van der Waals surface area contributed by atoms with Gasteiger partial charge in [0.2, 0.25) is 0 Å². The summed E-state index contributed by atoms with van der Waals surface area (Å²) in [5.74, 6) is -0.00193. The van der Waals surface area contributed by atoms with Crippen LogP contribution in [0.2, 0.25) is 0 Å².